The number of aryl methyl sites for hydroxylation is 1. The van der Waals surface area contributed by atoms with Crippen LogP contribution in [-0.2, 0) is 4.74 Å². The van der Waals surface area contributed by atoms with Gasteiger partial charge in [0.05, 0.1) is 35.3 Å². The summed E-state index contributed by atoms with van der Waals surface area (Å²) in [6, 6.07) is 15.1. The maximum Gasteiger partial charge on any atom is 0.123 e. The monoisotopic (exact) mass is 469 g/mol. The summed E-state index contributed by atoms with van der Waals surface area (Å²) in [5.41, 5.74) is 13.4. The summed E-state index contributed by atoms with van der Waals surface area (Å²) in [6.07, 6.45) is 4.73. The number of rotatable bonds is 3. The highest BCUT2D eigenvalue weighted by Gasteiger charge is 2.33. The molecule has 35 heavy (non-hydrogen) atoms. The average molecular weight is 470 g/mol. The maximum absolute atomic E-state index is 14.2. The number of nitrogen functional groups attached to an aromatic ring is 1. The zero-order valence-electron chi connectivity index (χ0n) is 19.7. The third kappa shape index (κ3) is 4.00. The molecule has 0 saturated carbocycles. The lowest BCUT2D eigenvalue weighted by molar-refractivity contribution is -0.00896. The van der Waals surface area contributed by atoms with Crippen molar-refractivity contribution in [3.8, 4) is 22.4 Å². The number of piperidine rings is 1. The van der Waals surface area contributed by atoms with Crippen molar-refractivity contribution in [3.05, 3.63) is 72.3 Å². The number of benzene rings is 2. The first-order chi connectivity index (χ1) is 17.1. The SMILES string of the molecule is Cc1ccnc(-c2ccc3ncc(-c4cccc(F)c4)c(N4CC[C@@H]5NCCO[C@H]5C4)c3c2)c1N. The van der Waals surface area contributed by atoms with Crippen LogP contribution in [0, 0.1) is 12.7 Å². The highest BCUT2D eigenvalue weighted by Crippen LogP contribution is 2.40. The van der Waals surface area contributed by atoms with Crippen LogP contribution in [0.15, 0.2) is 60.9 Å². The van der Waals surface area contributed by atoms with E-state index in [2.05, 4.69) is 21.3 Å². The quantitative estimate of drug-likeness (QED) is 0.458. The smallest absolute Gasteiger partial charge is 0.123 e. The van der Waals surface area contributed by atoms with E-state index < -0.39 is 0 Å². The van der Waals surface area contributed by atoms with E-state index in [4.69, 9.17) is 15.5 Å². The van der Waals surface area contributed by atoms with Gasteiger partial charge in [0, 0.05) is 54.6 Å². The Morgan fingerprint density at radius 2 is 2.03 bits per heavy atom. The predicted molar refractivity (Wildman–Crippen MR) is 138 cm³/mol. The van der Waals surface area contributed by atoms with E-state index in [1.807, 2.05) is 37.4 Å². The van der Waals surface area contributed by atoms with E-state index in [1.165, 1.54) is 6.07 Å². The Bertz CT molecular complexity index is 1410. The van der Waals surface area contributed by atoms with Crippen LogP contribution >= 0.6 is 0 Å². The van der Waals surface area contributed by atoms with Crippen molar-refractivity contribution in [2.45, 2.75) is 25.5 Å². The first kappa shape index (κ1) is 21.9. The van der Waals surface area contributed by atoms with Crippen molar-refractivity contribution >= 4 is 22.3 Å². The molecule has 2 aliphatic rings. The van der Waals surface area contributed by atoms with Crippen LogP contribution in [0.3, 0.4) is 0 Å². The number of hydrogen-bond acceptors (Lipinski definition) is 6. The van der Waals surface area contributed by atoms with Crippen molar-refractivity contribution in [1.29, 1.82) is 0 Å². The van der Waals surface area contributed by atoms with Crippen molar-refractivity contribution in [3.63, 3.8) is 0 Å². The van der Waals surface area contributed by atoms with Gasteiger partial charge in [-0.2, -0.15) is 0 Å². The molecule has 0 spiro atoms. The molecule has 2 aromatic carbocycles. The third-order valence-corrected chi connectivity index (χ3v) is 7.17. The summed E-state index contributed by atoms with van der Waals surface area (Å²) in [6.45, 7) is 5.22. The second-order valence-corrected chi connectivity index (χ2v) is 9.36. The lowest BCUT2D eigenvalue weighted by atomic mass is 9.95. The van der Waals surface area contributed by atoms with Gasteiger partial charge in [-0.05, 0) is 54.8 Å². The lowest BCUT2D eigenvalue weighted by Gasteiger charge is -2.43. The molecule has 7 heteroatoms. The van der Waals surface area contributed by atoms with Gasteiger partial charge in [-0.25, -0.2) is 4.39 Å². The Morgan fingerprint density at radius 1 is 1.11 bits per heavy atom. The molecular formula is C28H28FN5O. The summed E-state index contributed by atoms with van der Waals surface area (Å²) in [7, 11) is 0. The molecule has 0 bridgehead atoms. The standard InChI is InChI=1S/C28H28FN5O/c1-17-7-9-32-27(26(17)30)19-5-6-23-21(14-19)28(22(15-33-23)18-3-2-4-20(29)13-18)34-11-8-24-25(16-34)35-12-10-31-24/h2-7,9,13-15,24-25,31H,8,10-12,16,30H2,1H3/t24-,25-/m0/s1. The molecule has 2 saturated heterocycles. The minimum absolute atomic E-state index is 0.110. The fourth-order valence-corrected chi connectivity index (χ4v) is 5.31. The van der Waals surface area contributed by atoms with E-state index in [9.17, 15) is 4.39 Å². The van der Waals surface area contributed by atoms with Crippen molar-refractivity contribution < 1.29 is 9.13 Å². The third-order valence-electron chi connectivity index (χ3n) is 7.17. The Balaban J connectivity index is 1.55. The fourth-order valence-electron chi connectivity index (χ4n) is 5.31. The number of ether oxygens (including phenoxy) is 1. The average Bonchev–Trinajstić information content (AvgIpc) is 2.89. The molecule has 2 aromatic heterocycles. The molecular weight excluding hydrogens is 441 g/mol. The summed E-state index contributed by atoms with van der Waals surface area (Å²) in [5, 5.41) is 4.58. The second kappa shape index (κ2) is 8.91. The van der Waals surface area contributed by atoms with Gasteiger partial charge in [-0.3, -0.25) is 9.97 Å². The first-order valence-electron chi connectivity index (χ1n) is 12.1. The van der Waals surface area contributed by atoms with Crippen LogP contribution in [0.4, 0.5) is 15.8 Å². The van der Waals surface area contributed by atoms with Gasteiger partial charge in [0.15, 0.2) is 0 Å². The van der Waals surface area contributed by atoms with Crippen LogP contribution < -0.4 is 16.0 Å². The molecule has 4 heterocycles. The van der Waals surface area contributed by atoms with Gasteiger partial charge in [0.1, 0.15) is 5.82 Å². The Morgan fingerprint density at radius 3 is 2.91 bits per heavy atom. The number of aromatic nitrogens is 2. The zero-order chi connectivity index (χ0) is 23.9. The number of nitrogens with one attached hydrogen (secondary N) is 1. The zero-order valence-corrected chi connectivity index (χ0v) is 19.7. The molecule has 4 aromatic rings. The van der Waals surface area contributed by atoms with E-state index in [-0.39, 0.29) is 11.9 Å². The molecule has 6 nitrogen and oxygen atoms in total. The second-order valence-electron chi connectivity index (χ2n) is 9.36. The molecule has 6 rings (SSSR count). The van der Waals surface area contributed by atoms with Crippen LogP contribution in [0.5, 0.6) is 0 Å². The van der Waals surface area contributed by atoms with Crippen molar-refractivity contribution in [2.75, 3.05) is 36.9 Å². The number of anilines is 2. The van der Waals surface area contributed by atoms with Gasteiger partial charge >= 0.3 is 0 Å². The number of nitrogens with zero attached hydrogens (tertiary/aromatic N) is 3. The lowest BCUT2D eigenvalue weighted by Crippen LogP contribution is -2.57. The van der Waals surface area contributed by atoms with E-state index in [1.54, 1.807) is 18.3 Å². The number of nitrogens with two attached hydrogens (primary N) is 1. The fraction of sp³-hybridized carbons (Fsp3) is 0.286. The van der Waals surface area contributed by atoms with Gasteiger partial charge in [-0.1, -0.05) is 18.2 Å². The summed E-state index contributed by atoms with van der Waals surface area (Å²) in [5.74, 6) is -0.266. The summed E-state index contributed by atoms with van der Waals surface area (Å²) >= 11 is 0. The van der Waals surface area contributed by atoms with E-state index in [0.717, 1.165) is 70.6 Å². The molecule has 178 valence electrons. The van der Waals surface area contributed by atoms with E-state index in [0.29, 0.717) is 18.3 Å². The molecule has 3 N–H and O–H groups in total. The topological polar surface area (TPSA) is 76.3 Å². The van der Waals surface area contributed by atoms with Gasteiger partial charge < -0.3 is 20.7 Å². The van der Waals surface area contributed by atoms with Gasteiger partial charge in [-0.15, -0.1) is 0 Å². The number of morpholine rings is 1. The largest absolute Gasteiger partial charge is 0.397 e. The molecule has 0 aliphatic carbocycles. The molecule has 2 atom stereocenters. The van der Waals surface area contributed by atoms with Gasteiger partial charge in [0.25, 0.3) is 0 Å². The van der Waals surface area contributed by atoms with Crippen molar-refractivity contribution in [1.82, 2.24) is 15.3 Å². The maximum atomic E-state index is 14.2. The minimum Gasteiger partial charge on any atom is -0.397 e. The molecule has 2 aliphatic heterocycles. The number of hydrogen-bond donors (Lipinski definition) is 2. The molecule has 2 fully saturated rings. The Hall–Kier alpha value is -3.55. The van der Waals surface area contributed by atoms with Crippen LogP contribution in [0.2, 0.25) is 0 Å². The molecule has 0 unspecified atom stereocenters. The van der Waals surface area contributed by atoms with E-state index >= 15 is 0 Å². The van der Waals surface area contributed by atoms with Crippen LogP contribution in [0.1, 0.15) is 12.0 Å². The highest BCUT2D eigenvalue weighted by molar-refractivity contribution is 6.02. The summed E-state index contributed by atoms with van der Waals surface area (Å²) in [4.78, 5) is 11.7. The first-order valence-corrected chi connectivity index (χ1v) is 12.1. The predicted octanol–water partition coefficient (Wildman–Crippen LogP) is 4.56. The number of halogens is 1. The number of fused-ring (bicyclic) bond motifs is 2. The molecule has 0 radical (unpaired) electrons. The van der Waals surface area contributed by atoms with Crippen LogP contribution in [0.25, 0.3) is 33.3 Å². The van der Waals surface area contributed by atoms with Crippen LogP contribution in [-0.4, -0.2) is 48.4 Å². The normalized spacial score (nSPS) is 20.1. The summed E-state index contributed by atoms with van der Waals surface area (Å²) < 4.78 is 20.4. The highest BCUT2D eigenvalue weighted by atomic mass is 19.1. The van der Waals surface area contributed by atoms with Gasteiger partial charge in [0.2, 0.25) is 0 Å². The number of pyridine rings is 2. The Labute approximate surface area is 204 Å². The minimum atomic E-state index is -0.266. The Kier molecular flexibility index (Phi) is 5.59. The van der Waals surface area contributed by atoms with Crippen molar-refractivity contribution in [2.24, 2.45) is 0 Å². The molecule has 0 amide bonds.